The fourth-order valence-electron chi connectivity index (χ4n) is 3.00. The van der Waals surface area contributed by atoms with Crippen LogP contribution in [0.2, 0.25) is 5.02 Å². The van der Waals surface area contributed by atoms with Crippen molar-refractivity contribution in [3.63, 3.8) is 0 Å². The summed E-state index contributed by atoms with van der Waals surface area (Å²) < 4.78 is 5.44. The Morgan fingerprint density at radius 1 is 1.16 bits per heavy atom. The monoisotopic (exact) mass is 281 g/mol. The molecule has 0 atom stereocenters. The molecule has 104 valence electrons. The first-order valence-corrected chi connectivity index (χ1v) is 7.38. The van der Waals surface area contributed by atoms with Crippen molar-refractivity contribution in [2.75, 3.05) is 44.3 Å². The Morgan fingerprint density at radius 3 is 2.58 bits per heavy atom. The summed E-state index contributed by atoms with van der Waals surface area (Å²) in [6.45, 7) is 6.15. The Balaban J connectivity index is 1.58. The molecule has 3 rings (SSSR count). The minimum absolute atomic E-state index is 0.712. The van der Waals surface area contributed by atoms with Crippen LogP contribution < -0.4 is 4.90 Å². The molecular formula is C14H20ClN3O. The highest BCUT2D eigenvalue weighted by molar-refractivity contribution is 6.33. The van der Waals surface area contributed by atoms with E-state index < -0.39 is 0 Å². The third kappa shape index (κ3) is 3.02. The lowest BCUT2D eigenvalue weighted by atomic mass is 10.1. The molecule has 0 amide bonds. The fraction of sp³-hybridized carbons (Fsp3) is 0.643. The van der Waals surface area contributed by atoms with Crippen LogP contribution in [0.25, 0.3) is 0 Å². The van der Waals surface area contributed by atoms with E-state index in [1.54, 1.807) is 6.20 Å². The molecule has 1 aromatic rings. The number of pyridine rings is 1. The molecule has 0 N–H and O–H groups in total. The van der Waals surface area contributed by atoms with E-state index in [1.807, 2.05) is 12.3 Å². The first kappa shape index (κ1) is 13.2. The smallest absolute Gasteiger partial charge is 0.0822 e. The number of piperazine rings is 1. The van der Waals surface area contributed by atoms with Crippen molar-refractivity contribution >= 4 is 17.3 Å². The highest BCUT2D eigenvalue weighted by atomic mass is 35.5. The van der Waals surface area contributed by atoms with Gasteiger partial charge in [-0.3, -0.25) is 9.88 Å². The molecule has 0 bridgehead atoms. The van der Waals surface area contributed by atoms with Crippen molar-refractivity contribution in [1.29, 1.82) is 0 Å². The van der Waals surface area contributed by atoms with Crippen LogP contribution in [0.15, 0.2) is 18.5 Å². The van der Waals surface area contributed by atoms with E-state index in [-0.39, 0.29) is 0 Å². The van der Waals surface area contributed by atoms with Gasteiger partial charge in [-0.1, -0.05) is 11.6 Å². The van der Waals surface area contributed by atoms with Gasteiger partial charge in [0.15, 0.2) is 0 Å². The van der Waals surface area contributed by atoms with Crippen LogP contribution >= 0.6 is 11.6 Å². The van der Waals surface area contributed by atoms with Crippen LogP contribution in [0.5, 0.6) is 0 Å². The van der Waals surface area contributed by atoms with E-state index in [2.05, 4.69) is 14.8 Å². The maximum absolute atomic E-state index is 6.21. The van der Waals surface area contributed by atoms with Crippen molar-refractivity contribution in [3.8, 4) is 0 Å². The van der Waals surface area contributed by atoms with Gasteiger partial charge in [-0.2, -0.15) is 0 Å². The summed E-state index contributed by atoms with van der Waals surface area (Å²) in [6, 6.07) is 2.72. The Bertz CT molecular complexity index is 415. The SMILES string of the molecule is Clc1cnccc1N1CCN(C2CCOCC2)CC1. The molecule has 19 heavy (non-hydrogen) atoms. The average molecular weight is 282 g/mol. The van der Waals surface area contributed by atoms with Crippen LogP contribution in [0.1, 0.15) is 12.8 Å². The van der Waals surface area contributed by atoms with Crippen molar-refractivity contribution in [2.24, 2.45) is 0 Å². The summed E-state index contributed by atoms with van der Waals surface area (Å²) >= 11 is 6.21. The van der Waals surface area contributed by atoms with Gasteiger partial charge in [0.1, 0.15) is 0 Å². The summed E-state index contributed by atoms with van der Waals surface area (Å²) in [5, 5.41) is 0.752. The molecule has 0 aromatic carbocycles. The number of anilines is 1. The molecule has 0 radical (unpaired) electrons. The zero-order valence-electron chi connectivity index (χ0n) is 11.1. The van der Waals surface area contributed by atoms with E-state index >= 15 is 0 Å². The molecule has 2 aliphatic heterocycles. The largest absolute Gasteiger partial charge is 0.381 e. The highest BCUT2D eigenvalue weighted by Gasteiger charge is 2.25. The van der Waals surface area contributed by atoms with Crippen LogP contribution in [-0.4, -0.2) is 55.3 Å². The maximum atomic E-state index is 6.21. The van der Waals surface area contributed by atoms with Crippen molar-refractivity contribution in [2.45, 2.75) is 18.9 Å². The van der Waals surface area contributed by atoms with Crippen LogP contribution in [-0.2, 0) is 4.74 Å². The quantitative estimate of drug-likeness (QED) is 0.829. The van der Waals surface area contributed by atoms with E-state index in [1.165, 1.54) is 12.8 Å². The number of rotatable bonds is 2. The lowest BCUT2D eigenvalue weighted by molar-refractivity contribution is 0.0321. The van der Waals surface area contributed by atoms with Gasteiger partial charge < -0.3 is 9.64 Å². The molecule has 0 aliphatic carbocycles. The second kappa shape index (κ2) is 6.07. The molecule has 1 aromatic heterocycles. The van der Waals surface area contributed by atoms with Crippen molar-refractivity contribution in [3.05, 3.63) is 23.5 Å². The number of halogens is 1. The Hall–Kier alpha value is -0.840. The van der Waals surface area contributed by atoms with Gasteiger partial charge in [0.2, 0.25) is 0 Å². The van der Waals surface area contributed by atoms with Gasteiger partial charge in [-0.25, -0.2) is 0 Å². The minimum Gasteiger partial charge on any atom is -0.381 e. The predicted molar refractivity (Wildman–Crippen MR) is 76.9 cm³/mol. The molecule has 0 spiro atoms. The third-order valence-corrected chi connectivity index (χ3v) is 4.40. The second-order valence-corrected chi connectivity index (χ2v) is 5.60. The summed E-state index contributed by atoms with van der Waals surface area (Å²) in [6.07, 6.45) is 5.89. The molecule has 2 saturated heterocycles. The number of hydrogen-bond donors (Lipinski definition) is 0. The first-order chi connectivity index (χ1) is 9.34. The first-order valence-electron chi connectivity index (χ1n) is 7.01. The minimum atomic E-state index is 0.712. The Labute approximate surface area is 119 Å². The van der Waals surface area contributed by atoms with Gasteiger partial charge >= 0.3 is 0 Å². The van der Waals surface area contributed by atoms with Gasteiger partial charge in [0, 0.05) is 57.8 Å². The van der Waals surface area contributed by atoms with E-state index in [0.29, 0.717) is 6.04 Å². The Morgan fingerprint density at radius 2 is 1.89 bits per heavy atom. The zero-order chi connectivity index (χ0) is 13.1. The topological polar surface area (TPSA) is 28.6 Å². The van der Waals surface area contributed by atoms with Gasteiger partial charge in [-0.15, -0.1) is 0 Å². The molecule has 3 heterocycles. The highest BCUT2D eigenvalue weighted by Crippen LogP contribution is 2.26. The predicted octanol–water partition coefficient (Wildman–Crippen LogP) is 2.04. The summed E-state index contributed by atoms with van der Waals surface area (Å²) in [7, 11) is 0. The standard InChI is InChI=1S/C14H20ClN3O/c15-13-11-16-4-1-14(13)18-7-5-17(6-8-18)12-2-9-19-10-3-12/h1,4,11-12H,2-3,5-10H2. The molecule has 0 unspecified atom stereocenters. The molecule has 5 heteroatoms. The van der Waals surface area contributed by atoms with Gasteiger partial charge in [0.05, 0.1) is 10.7 Å². The number of aromatic nitrogens is 1. The lowest BCUT2D eigenvalue weighted by Gasteiger charge is -2.41. The second-order valence-electron chi connectivity index (χ2n) is 5.19. The van der Waals surface area contributed by atoms with Crippen LogP contribution in [0, 0.1) is 0 Å². The molecular weight excluding hydrogens is 262 g/mol. The molecule has 0 saturated carbocycles. The molecule has 2 aliphatic rings. The third-order valence-electron chi connectivity index (χ3n) is 4.11. The number of hydrogen-bond acceptors (Lipinski definition) is 4. The fourth-order valence-corrected chi connectivity index (χ4v) is 3.24. The Kier molecular flexibility index (Phi) is 4.21. The number of ether oxygens (including phenoxy) is 1. The normalized spacial score (nSPS) is 22.7. The average Bonchev–Trinajstić information content (AvgIpc) is 2.49. The summed E-state index contributed by atoms with van der Waals surface area (Å²) in [5.41, 5.74) is 1.11. The van der Waals surface area contributed by atoms with Gasteiger partial charge in [0.25, 0.3) is 0 Å². The van der Waals surface area contributed by atoms with Crippen molar-refractivity contribution < 1.29 is 4.74 Å². The zero-order valence-corrected chi connectivity index (χ0v) is 11.9. The van der Waals surface area contributed by atoms with Crippen molar-refractivity contribution in [1.82, 2.24) is 9.88 Å². The molecule has 4 nitrogen and oxygen atoms in total. The summed E-state index contributed by atoms with van der Waals surface area (Å²) in [4.78, 5) is 9.01. The van der Waals surface area contributed by atoms with Gasteiger partial charge in [-0.05, 0) is 18.9 Å². The van der Waals surface area contributed by atoms with Crippen LogP contribution in [0.3, 0.4) is 0 Å². The number of nitrogens with zero attached hydrogens (tertiary/aromatic N) is 3. The lowest BCUT2D eigenvalue weighted by Crippen LogP contribution is -2.51. The summed E-state index contributed by atoms with van der Waals surface area (Å²) in [5.74, 6) is 0. The van der Waals surface area contributed by atoms with E-state index in [9.17, 15) is 0 Å². The van der Waals surface area contributed by atoms with E-state index in [4.69, 9.17) is 16.3 Å². The van der Waals surface area contributed by atoms with E-state index in [0.717, 1.165) is 50.1 Å². The van der Waals surface area contributed by atoms with Crippen LogP contribution in [0.4, 0.5) is 5.69 Å². The maximum Gasteiger partial charge on any atom is 0.0822 e. The molecule has 2 fully saturated rings.